The summed E-state index contributed by atoms with van der Waals surface area (Å²) >= 11 is 3.42. The van der Waals surface area contributed by atoms with E-state index in [4.69, 9.17) is 5.84 Å². The third-order valence-electron chi connectivity index (χ3n) is 2.77. The second-order valence-electron chi connectivity index (χ2n) is 4.22. The van der Waals surface area contributed by atoms with E-state index in [1.807, 2.05) is 26.0 Å². The smallest absolute Gasteiger partial charge is 0.148 e. The number of aromatic nitrogens is 2. The van der Waals surface area contributed by atoms with E-state index in [-0.39, 0.29) is 0 Å². The van der Waals surface area contributed by atoms with Crippen LogP contribution in [0.4, 0.5) is 11.6 Å². The monoisotopic (exact) mass is 321 g/mol. The molecule has 0 bridgehead atoms. The van der Waals surface area contributed by atoms with Crippen molar-refractivity contribution in [3.05, 3.63) is 45.7 Å². The molecule has 0 fully saturated rings. The Bertz CT molecular complexity index is 568. The predicted molar refractivity (Wildman–Crippen MR) is 80.8 cm³/mol. The average molecular weight is 322 g/mol. The number of nitrogen functional groups attached to an aromatic ring is 1. The van der Waals surface area contributed by atoms with E-state index in [0.717, 1.165) is 15.9 Å². The van der Waals surface area contributed by atoms with Gasteiger partial charge in [-0.2, -0.15) is 0 Å². The highest BCUT2D eigenvalue weighted by Gasteiger charge is 2.07. The highest BCUT2D eigenvalue weighted by Crippen LogP contribution is 2.20. The van der Waals surface area contributed by atoms with Crippen LogP contribution >= 0.6 is 15.9 Å². The van der Waals surface area contributed by atoms with Crippen LogP contribution in [0.5, 0.6) is 0 Å². The summed E-state index contributed by atoms with van der Waals surface area (Å²) < 4.78 is 1.07. The average Bonchev–Trinajstić information content (AvgIpc) is 2.41. The van der Waals surface area contributed by atoms with Gasteiger partial charge in [0, 0.05) is 16.6 Å². The van der Waals surface area contributed by atoms with Crippen molar-refractivity contribution in [1.29, 1.82) is 0 Å². The van der Waals surface area contributed by atoms with Crippen molar-refractivity contribution >= 4 is 27.6 Å². The SMILES string of the molecule is Cc1nc(NN)c(C)c(NCc2ccc(Br)cc2)n1. The van der Waals surface area contributed by atoms with E-state index in [1.165, 1.54) is 5.56 Å². The standard InChI is InChI=1S/C13H16BrN5/c1-8-12(17-9(2)18-13(8)19-15)16-7-10-3-5-11(14)6-4-10/h3-6H,7,15H2,1-2H3,(H2,16,17,18,19). The lowest BCUT2D eigenvalue weighted by Gasteiger charge is -2.12. The molecule has 0 saturated carbocycles. The summed E-state index contributed by atoms with van der Waals surface area (Å²) in [6, 6.07) is 8.15. The minimum atomic E-state index is 0.644. The molecular formula is C13H16BrN5. The molecule has 0 atom stereocenters. The summed E-state index contributed by atoms with van der Waals surface area (Å²) in [7, 11) is 0. The Labute approximate surface area is 120 Å². The van der Waals surface area contributed by atoms with Crippen LogP contribution in [0.3, 0.4) is 0 Å². The van der Waals surface area contributed by atoms with Crippen molar-refractivity contribution in [2.24, 2.45) is 5.84 Å². The van der Waals surface area contributed by atoms with Crippen LogP contribution in [0, 0.1) is 13.8 Å². The normalized spacial score (nSPS) is 10.3. The Morgan fingerprint density at radius 3 is 2.37 bits per heavy atom. The van der Waals surface area contributed by atoms with Gasteiger partial charge in [0.1, 0.15) is 17.5 Å². The van der Waals surface area contributed by atoms with Crippen LogP contribution < -0.4 is 16.6 Å². The molecule has 19 heavy (non-hydrogen) atoms. The predicted octanol–water partition coefficient (Wildman–Crippen LogP) is 2.75. The van der Waals surface area contributed by atoms with Crippen LogP contribution in [0.15, 0.2) is 28.7 Å². The van der Waals surface area contributed by atoms with Gasteiger partial charge < -0.3 is 10.7 Å². The van der Waals surface area contributed by atoms with E-state index < -0.39 is 0 Å². The first-order chi connectivity index (χ1) is 9.10. The zero-order valence-corrected chi connectivity index (χ0v) is 12.5. The number of anilines is 2. The summed E-state index contributed by atoms with van der Waals surface area (Å²) in [4.78, 5) is 8.61. The lowest BCUT2D eigenvalue weighted by Crippen LogP contribution is -2.14. The summed E-state index contributed by atoms with van der Waals surface area (Å²) in [5.41, 5.74) is 4.67. The molecule has 2 aromatic rings. The van der Waals surface area contributed by atoms with E-state index in [0.29, 0.717) is 18.2 Å². The van der Waals surface area contributed by atoms with E-state index in [1.54, 1.807) is 0 Å². The minimum Gasteiger partial charge on any atom is -0.366 e. The molecule has 6 heteroatoms. The molecule has 0 radical (unpaired) electrons. The molecular weight excluding hydrogens is 306 g/mol. The number of nitrogens with two attached hydrogens (primary N) is 1. The van der Waals surface area contributed by atoms with Gasteiger partial charge in [-0.15, -0.1) is 0 Å². The molecule has 1 aromatic heterocycles. The maximum absolute atomic E-state index is 5.44. The molecule has 0 amide bonds. The zero-order chi connectivity index (χ0) is 13.8. The Balaban J connectivity index is 2.15. The number of hydrazine groups is 1. The quantitative estimate of drug-likeness (QED) is 0.596. The van der Waals surface area contributed by atoms with Gasteiger partial charge in [-0.1, -0.05) is 28.1 Å². The van der Waals surface area contributed by atoms with Crippen LogP contribution in [0.2, 0.25) is 0 Å². The van der Waals surface area contributed by atoms with Gasteiger partial charge in [-0.05, 0) is 31.5 Å². The molecule has 0 aliphatic rings. The van der Waals surface area contributed by atoms with Gasteiger partial charge >= 0.3 is 0 Å². The number of hydrogen-bond acceptors (Lipinski definition) is 5. The van der Waals surface area contributed by atoms with Gasteiger partial charge in [0.15, 0.2) is 0 Å². The number of hydrogen-bond donors (Lipinski definition) is 3. The number of aryl methyl sites for hydroxylation is 1. The third-order valence-corrected chi connectivity index (χ3v) is 3.30. The van der Waals surface area contributed by atoms with Gasteiger partial charge in [-0.25, -0.2) is 15.8 Å². The molecule has 4 N–H and O–H groups in total. The van der Waals surface area contributed by atoms with Crippen LogP contribution in [-0.4, -0.2) is 9.97 Å². The summed E-state index contributed by atoms with van der Waals surface area (Å²) in [5, 5.41) is 3.30. The lowest BCUT2D eigenvalue weighted by atomic mass is 10.2. The maximum Gasteiger partial charge on any atom is 0.148 e. The molecule has 0 spiro atoms. The molecule has 0 aliphatic carbocycles. The Morgan fingerprint density at radius 1 is 1.11 bits per heavy atom. The van der Waals surface area contributed by atoms with Gasteiger partial charge in [0.05, 0.1) is 0 Å². The summed E-state index contributed by atoms with van der Waals surface area (Å²) in [6.45, 7) is 4.47. The number of rotatable bonds is 4. The van der Waals surface area contributed by atoms with Crippen LogP contribution in [0.25, 0.3) is 0 Å². The highest BCUT2D eigenvalue weighted by molar-refractivity contribution is 9.10. The first-order valence-electron chi connectivity index (χ1n) is 5.90. The number of halogens is 1. The maximum atomic E-state index is 5.44. The second kappa shape index (κ2) is 5.99. The topological polar surface area (TPSA) is 75.9 Å². The van der Waals surface area contributed by atoms with Crippen molar-refractivity contribution < 1.29 is 0 Å². The van der Waals surface area contributed by atoms with Gasteiger partial charge in [0.25, 0.3) is 0 Å². The molecule has 0 saturated heterocycles. The van der Waals surface area contributed by atoms with E-state index in [2.05, 4.69) is 48.8 Å². The van der Waals surface area contributed by atoms with Crippen LogP contribution in [-0.2, 0) is 6.54 Å². The molecule has 1 aromatic carbocycles. The van der Waals surface area contributed by atoms with E-state index >= 15 is 0 Å². The molecule has 1 heterocycles. The molecule has 0 unspecified atom stereocenters. The molecule has 5 nitrogen and oxygen atoms in total. The fourth-order valence-electron chi connectivity index (χ4n) is 1.73. The summed E-state index contributed by atoms with van der Waals surface area (Å²) in [5.74, 6) is 7.56. The minimum absolute atomic E-state index is 0.644. The highest BCUT2D eigenvalue weighted by atomic mass is 79.9. The van der Waals surface area contributed by atoms with Gasteiger partial charge in [0.2, 0.25) is 0 Å². The number of benzene rings is 1. The van der Waals surface area contributed by atoms with Gasteiger partial charge in [-0.3, -0.25) is 0 Å². The Morgan fingerprint density at radius 2 is 1.74 bits per heavy atom. The largest absolute Gasteiger partial charge is 0.366 e. The van der Waals surface area contributed by atoms with Crippen LogP contribution in [0.1, 0.15) is 17.0 Å². The summed E-state index contributed by atoms with van der Waals surface area (Å²) in [6.07, 6.45) is 0. The second-order valence-corrected chi connectivity index (χ2v) is 5.13. The van der Waals surface area contributed by atoms with E-state index in [9.17, 15) is 0 Å². The van der Waals surface area contributed by atoms with Crippen molar-refractivity contribution in [2.75, 3.05) is 10.7 Å². The fraction of sp³-hybridized carbons (Fsp3) is 0.231. The third kappa shape index (κ3) is 3.42. The Kier molecular flexibility index (Phi) is 4.34. The number of nitrogens with one attached hydrogen (secondary N) is 2. The molecule has 100 valence electrons. The fourth-order valence-corrected chi connectivity index (χ4v) is 1.99. The first-order valence-corrected chi connectivity index (χ1v) is 6.69. The van der Waals surface area contributed by atoms with Crippen molar-refractivity contribution in [3.63, 3.8) is 0 Å². The van der Waals surface area contributed by atoms with Crippen molar-refractivity contribution in [3.8, 4) is 0 Å². The zero-order valence-electron chi connectivity index (χ0n) is 10.9. The van der Waals surface area contributed by atoms with Crippen molar-refractivity contribution in [1.82, 2.24) is 9.97 Å². The molecule has 2 rings (SSSR count). The number of nitrogens with zero attached hydrogens (tertiary/aromatic N) is 2. The van der Waals surface area contributed by atoms with Crippen molar-refractivity contribution in [2.45, 2.75) is 20.4 Å². The Hall–Kier alpha value is -1.66. The lowest BCUT2D eigenvalue weighted by molar-refractivity contribution is 0.997. The first kappa shape index (κ1) is 13.8. The molecule has 0 aliphatic heterocycles.